The largest absolute Gasteiger partial charge is 0.504 e. The Hall–Kier alpha value is -1.71. The summed E-state index contributed by atoms with van der Waals surface area (Å²) in [5.74, 6) is 3.62. The van der Waals surface area contributed by atoms with E-state index in [1.165, 1.54) is 32.8 Å². The van der Waals surface area contributed by atoms with Crippen LogP contribution in [0.1, 0.15) is 36.0 Å². The fourth-order valence-electron chi connectivity index (χ4n) is 5.01. The molecule has 1 aromatic carbocycles. The van der Waals surface area contributed by atoms with Crippen molar-refractivity contribution < 1.29 is 14.6 Å². The Balaban J connectivity index is 1.54. The molecule has 4 nitrogen and oxygen atoms in total. The van der Waals surface area contributed by atoms with Crippen molar-refractivity contribution in [1.29, 1.82) is 0 Å². The second kappa shape index (κ2) is 5.18. The van der Waals surface area contributed by atoms with Crippen molar-refractivity contribution in [3.8, 4) is 11.5 Å². The molecule has 0 aromatic heterocycles. The molecule has 4 heteroatoms. The maximum Gasteiger partial charge on any atom is 0.254 e. The highest BCUT2D eigenvalue weighted by Gasteiger charge is 2.49. The quantitative estimate of drug-likeness (QED) is 0.914. The summed E-state index contributed by atoms with van der Waals surface area (Å²) in [7, 11) is 1.51. The lowest BCUT2D eigenvalue weighted by Gasteiger charge is -2.44. The molecule has 1 amide bonds. The second-order valence-corrected chi connectivity index (χ2v) is 7.10. The molecule has 0 spiro atoms. The number of ether oxygens (including phenoxy) is 1. The van der Waals surface area contributed by atoms with Gasteiger partial charge in [0.15, 0.2) is 11.5 Å². The zero-order valence-corrected chi connectivity index (χ0v) is 13.0. The van der Waals surface area contributed by atoms with E-state index in [0.717, 1.165) is 36.8 Å². The monoisotopic (exact) mass is 301 g/mol. The van der Waals surface area contributed by atoms with Gasteiger partial charge in [0.2, 0.25) is 0 Å². The summed E-state index contributed by atoms with van der Waals surface area (Å²) in [5.41, 5.74) is 0.612. The molecule has 1 aromatic rings. The molecule has 1 N–H and O–H groups in total. The van der Waals surface area contributed by atoms with Gasteiger partial charge in [-0.2, -0.15) is 0 Å². The molecule has 0 radical (unpaired) electrons. The predicted molar refractivity (Wildman–Crippen MR) is 83.0 cm³/mol. The first-order valence-corrected chi connectivity index (χ1v) is 8.33. The number of benzene rings is 1. The Morgan fingerprint density at radius 3 is 2.27 bits per heavy atom. The van der Waals surface area contributed by atoms with E-state index >= 15 is 0 Å². The van der Waals surface area contributed by atoms with Crippen molar-refractivity contribution in [3.63, 3.8) is 0 Å². The second-order valence-electron chi connectivity index (χ2n) is 7.10. The fraction of sp³-hybridized carbons (Fsp3) is 0.611. The Labute approximate surface area is 131 Å². The van der Waals surface area contributed by atoms with Crippen LogP contribution in [-0.4, -0.2) is 36.1 Å². The SMILES string of the molecule is COc1cc(C(=O)N2C[C@@H]3C4CCC(CC4)[C@@H]3C2)ccc1O. The third kappa shape index (κ3) is 2.08. The van der Waals surface area contributed by atoms with Crippen LogP contribution >= 0.6 is 0 Å². The number of hydrogen-bond donors (Lipinski definition) is 1. The molecule has 0 unspecified atom stereocenters. The average molecular weight is 301 g/mol. The number of rotatable bonds is 2. The minimum atomic E-state index is 0.0760. The Bertz CT molecular complexity index is 572. The molecule has 2 atom stereocenters. The molecule has 1 aliphatic heterocycles. The van der Waals surface area contributed by atoms with E-state index in [4.69, 9.17) is 4.74 Å². The maximum atomic E-state index is 12.8. The summed E-state index contributed by atoms with van der Waals surface area (Å²) >= 11 is 0. The van der Waals surface area contributed by atoms with Crippen LogP contribution in [0.3, 0.4) is 0 Å². The number of likely N-dealkylation sites (tertiary alicyclic amines) is 1. The van der Waals surface area contributed by atoms with E-state index in [2.05, 4.69) is 0 Å². The molecule has 5 rings (SSSR count). The first-order valence-electron chi connectivity index (χ1n) is 8.33. The van der Waals surface area contributed by atoms with Crippen molar-refractivity contribution in [2.24, 2.45) is 23.7 Å². The molecule has 2 bridgehead atoms. The first-order chi connectivity index (χ1) is 10.7. The van der Waals surface area contributed by atoms with E-state index in [1.807, 2.05) is 4.90 Å². The molecule has 22 heavy (non-hydrogen) atoms. The summed E-state index contributed by atoms with van der Waals surface area (Å²) in [6.07, 6.45) is 5.45. The molecule has 1 saturated heterocycles. The summed E-state index contributed by atoms with van der Waals surface area (Å²) < 4.78 is 5.12. The summed E-state index contributed by atoms with van der Waals surface area (Å²) in [4.78, 5) is 14.8. The number of amides is 1. The van der Waals surface area contributed by atoms with Gasteiger partial charge in [-0.15, -0.1) is 0 Å². The molecule has 4 aliphatic rings. The van der Waals surface area contributed by atoms with E-state index in [1.54, 1.807) is 18.2 Å². The van der Waals surface area contributed by atoms with Crippen molar-refractivity contribution in [3.05, 3.63) is 23.8 Å². The van der Waals surface area contributed by atoms with E-state index < -0.39 is 0 Å². The third-order valence-electron chi connectivity index (χ3n) is 6.15. The number of carbonyl (C=O) groups is 1. The van der Waals surface area contributed by atoms with Crippen molar-refractivity contribution >= 4 is 5.91 Å². The lowest BCUT2D eigenvalue weighted by Crippen LogP contribution is -2.38. The topological polar surface area (TPSA) is 49.8 Å². The van der Waals surface area contributed by atoms with Crippen LogP contribution in [0.5, 0.6) is 11.5 Å². The molecule has 3 saturated carbocycles. The molecular formula is C18H23NO3. The van der Waals surface area contributed by atoms with Crippen LogP contribution in [0.4, 0.5) is 0 Å². The lowest BCUT2D eigenvalue weighted by atomic mass is 9.60. The van der Waals surface area contributed by atoms with Gasteiger partial charge in [0, 0.05) is 18.7 Å². The third-order valence-corrected chi connectivity index (χ3v) is 6.15. The molecule has 3 aliphatic carbocycles. The number of aromatic hydroxyl groups is 1. The van der Waals surface area contributed by atoms with Gasteiger partial charge in [-0.1, -0.05) is 0 Å². The number of nitrogens with zero attached hydrogens (tertiary/aromatic N) is 1. The van der Waals surface area contributed by atoms with Gasteiger partial charge >= 0.3 is 0 Å². The van der Waals surface area contributed by atoms with E-state index in [9.17, 15) is 9.90 Å². The van der Waals surface area contributed by atoms with Crippen LogP contribution in [0, 0.1) is 23.7 Å². The van der Waals surface area contributed by atoms with Crippen LogP contribution in [0.2, 0.25) is 0 Å². The van der Waals surface area contributed by atoms with Crippen LogP contribution in [0.15, 0.2) is 18.2 Å². The van der Waals surface area contributed by atoms with Gasteiger partial charge < -0.3 is 14.7 Å². The normalized spacial score (nSPS) is 32.9. The number of fused-ring (bicyclic) bond motifs is 2. The molecular weight excluding hydrogens is 278 g/mol. The number of phenolic OH excluding ortho intramolecular Hbond substituents is 1. The summed E-state index contributed by atoms with van der Waals surface area (Å²) in [5, 5.41) is 9.68. The van der Waals surface area contributed by atoms with Gasteiger partial charge in [0.1, 0.15) is 0 Å². The van der Waals surface area contributed by atoms with E-state index in [-0.39, 0.29) is 11.7 Å². The van der Waals surface area contributed by atoms with Gasteiger partial charge in [0.05, 0.1) is 7.11 Å². The van der Waals surface area contributed by atoms with E-state index in [0.29, 0.717) is 11.3 Å². The van der Waals surface area contributed by atoms with Crippen LogP contribution < -0.4 is 4.74 Å². The number of hydrogen-bond acceptors (Lipinski definition) is 3. The maximum absolute atomic E-state index is 12.8. The molecule has 1 heterocycles. The highest BCUT2D eigenvalue weighted by atomic mass is 16.5. The van der Waals surface area contributed by atoms with Crippen molar-refractivity contribution in [1.82, 2.24) is 4.90 Å². The minimum Gasteiger partial charge on any atom is -0.504 e. The van der Waals surface area contributed by atoms with Crippen molar-refractivity contribution in [2.75, 3.05) is 20.2 Å². The number of methoxy groups -OCH3 is 1. The van der Waals surface area contributed by atoms with Gasteiger partial charge in [0.25, 0.3) is 5.91 Å². The lowest BCUT2D eigenvalue weighted by molar-refractivity contribution is 0.0577. The Morgan fingerprint density at radius 2 is 1.73 bits per heavy atom. The van der Waals surface area contributed by atoms with Gasteiger partial charge in [-0.05, 0) is 67.6 Å². The zero-order valence-electron chi connectivity index (χ0n) is 13.0. The first kappa shape index (κ1) is 13.9. The standard InChI is InChI=1S/C18H23NO3/c1-22-17-8-13(6-7-16(17)20)18(21)19-9-14-11-2-3-12(5-4-11)15(14)10-19/h6-8,11-12,14-15,20H,2-5,9-10H2,1H3/t11?,12?,14-,15+. The van der Waals surface area contributed by atoms with Gasteiger partial charge in [-0.25, -0.2) is 0 Å². The van der Waals surface area contributed by atoms with Gasteiger partial charge in [-0.3, -0.25) is 4.79 Å². The van der Waals surface area contributed by atoms with Crippen LogP contribution in [-0.2, 0) is 0 Å². The molecule has 4 fully saturated rings. The van der Waals surface area contributed by atoms with Crippen molar-refractivity contribution in [2.45, 2.75) is 25.7 Å². The minimum absolute atomic E-state index is 0.0760. The Morgan fingerprint density at radius 1 is 1.14 bits per heavy atom. The number of phenols is 1. The highest BCUT2D eigenvalue weighted by molar-refractivity contribution is 5.95. The highest BCUT2D eigenvalue weighted by Crippen LogP contribution is 2.52. The van der Waals surface area contributed by atoms with Crippen LogP contribution in [0.25, 0.3) is 0 Å². The predicted octanol–water partition coefficient (Wildman–Crippen LogP) is 2.91. The smallest absolute Gasteiger partial charge is 0.254 e. The zero-order chi connectivity index (χ0) is 15.3. The summed E-state index contributed by atoms with van der Waals surface area (Å²) in [6, 6.07) is 4.88. The molecule has 118 valence electrons. The fourth-order valence-corrected chi connectivity index (χ4v) is 5.01. The summed E-state index contributed by atoms with van der Waals surface area (Å²) in [6.45, 7) is 1.82. The number of carbonyl (C=O) groups excluding carboxylic acids is 1. The Kier molecular flexibility index (Phi) is 3.28. The average Bonchev–Trinajstić information content (AvgIpc) is 3.03.